The number of carbonyl (C=O) groups excluding carboxylic acids is 3. The van der Waals surface area contributed by atoms with Gasteiger partial charge in [-0.05, 0) is 48.4 Å². The third-order valence-corrected chi connectivity index (χ3v) is 4.68. The number of rotatable bonds is 6. The molecule has 0 aliphatic heterocycles. The Bertz CT molecular complexity index is 1080. The molecule has 6 heteroatoms. The van der Waals surface area contributed by atoms with Crippen LogP contribution in [0.2, 0.25) is 0 Å². The van der Waals surface area contributed by atoms with Gasteiger partial charge in [-0.2, -0.15) is 0 Å². The van der Waals surface area contributed by atoms with Gasteiger partial charge in [0.2, 0.25) is 5.91 Å². The quantitative estimate of drug-likeness (QED) is 0.587. The summed E-state index contributed by atoms with van der Waals surface area (Å²) in [5.41, 5.74) is 3.64. The largest absolute Gasteiger partial charge is 0.359 e. The summed E-state index contributed by atoms with van der Waals surface area (Å²) in [7, 11) is 1.57. The molecule has 0 bridgehead atoms. The molecule has 0 aromatic heterocycles. The van der Waals surface area contributed by atoms with E-state index in [1.165, 1.54) is 0 Å². The summed E-state index contributed by atoms with van der Waals surface area (Å²) in [6, 6.07) is 21.2. The van der Waals surface area contributed by atoms with E-state index in [2.05, 4.69) is 16.0 Å². The standard InChI is InChI=1S/C24H23N3O3/c1-16-12-13-19(14-21(16)27-23(29)17-8-4-3-5-9-17)24(30)26-20-11-7-6-10-18(20)15-22(28)25-2/h3-14H,15H2,1-2H3,(H,25,28)(H,26,30)(H,27,29). The normalized spacial score (nSPS) is 10.2. The lowest BCUT2D eigenvalue weighted by Gasteiger charge is -2.13. The molecule has 3 rings (SSSR count). The third kappa shape index (κ3) is 5.11. The minimum Gasteiger partial charge on any atom is -0.359 e. The van der Waals surface area contributed by atoms with E-state index in [0.29, 0.717) is 22.5 Å². The van der Waals surface area contributed by atoms with Crippen molar-refractivity contribution in [3.05, 3.63) is 95.1 Å². The minimum atomic E-state index is -0.324. The van der Waals surface area contributed by atoms with E-state index in [1.54, 1.807) is 67.7 Å². The van der Waals surface area contributed by atoms with E-state index in [1.807, 2.05) is 19.1 Å². The smallest absolute Gasteiger partial charge is 0.255 e. The van der Waals surface area contributed by atoms with Crippen LogP contribution in [0.3, 0.4) is 0 Å². The zero-order chi connectivity index (χ0) is 21.5. The van der Waals surface area contributed by atoms with Crippen molar-refractivity contribution in [1.82, 2.24) is 5.32 Å². The first-order valence-corrected chi connectivity index (χ1v) is 9.55. The van der Waals surface area contributed by atoms with Gasteiger partial charge in [0.15, 0.2) is 0 Å². The molecule has 30 heavy (non-hydrogen) atoms. The molecule has 0 saturated heterocycles. The number of anilines is 2. The van der Waals surface area contributed by atoms with Crippen molar-refractivity contribution >= 4 is 29.1 Å². The number of amides is 3. The maximum absolute atomic E-state index is 12.8. The second-order valence-corrected chi connectivity index (χ2v) is 6.81. The van der Waals surface area contributed by atoms with E-state index in [0.717, 1.165) is 11.1 Å². The number of para-hydroxylation sites is 1. The fourth-order valence-corrected chi connectivity index (χ4v) is 2.93. The molecule has 0 aliphatic rings. The third-order valence-electron chi connectivity index (χ3n) is 4.68. The zero-order valence-electron chi connectivity index (χ0n) is 16.9. The van der Waals surface area contributed by atoms with E-state index >= 15 is 0 Å². The van der Waals surface area contributed by atoms with E-state index in [9.17, 15) is 14.4 Å². The van der Waals surface area contributed by atoms with Crippen LogP contribution in [-0.2, 0) is 11.2 Å². The molecule has 0 radical (unpaired) electrons. The van der Waals surface area contributed by atoms with Crippen molar-refractivity contribution in [2.45, 2.75) is 13.3 Å². The van der Waals surface area contributed by atoms with Crippen molar-refractivity contribution in [3.8, 4) is 0 Å². The fraction of sp³-hybridized carbons (Fsp3) is 0.125. The summed E-state index contributed by atoms with van der Waals surface area (Å²) < 4.78 is 0. The second kappa shape index (κ2) is 9.52. The van der Waals surface area contributed by atoms with Crippen molar-refractivity contribution in [2.75, 3.05) is 17.7 Å². The maximum atomic E-state index is 12.8. The highest BCUT2D eigenvalue weighted by molar-refractivity contribution is 6.08. The summed E-state index contributed by atoms with van der Waals surface area (Å²) in [5.74, 6) is -0.709. The minimum absolute atomic E-state index is 0.141. The summed E-state index contributed by atoms with van der Waals surface area (Å²) in [5, 5.41) is 8.29. The Morgan fingerprint density at radius 3 is 2.10 bits per heavy atom. The number of carbonyl (C=O) groups is 3. The summed E-state index contributed by atoms with van der Waals surface area (Å²) >= 11 is 0. The van der Waals surface area contributed by atoms with Crippen LogP contribution in [0.25, 0.3) is 0 Å². The van der Waals surface area contributed by atoms with Crippen LogP contribution in [0.15, 0.2) is 72.8 Å². The molecule has 6 nitrogen and oxygen atoms in total. The molecular formula is C24H23N3O3. The molecule has 3 amide bonds. The second-order valence-electron chi connectivity index (χ2n) is 6.81. The number of benzene rings is 3. The van der Waals surface area contributed by atoms with Crippen LogP contribution in [0, 0.1) is 6.92 Å². The Hall–Kier alpha value is -3.93. The SMILES string of the molecule is CNC(=O)Cc1ccccc1NC(=O)c1ccc(C)c(NC(=O)c2ccccc2)c1. The van der Waals surface area contributed by atoms with Crippen LogP contribution in [-0.4, -0.2) is 24.8 Å². The van der Waals surface area contributed by atoms with Gasteiger partial charge in [0.25, 0.3) is 11.8 Å². The van der Waals surface area contributed by atoms with E-state index in [-0.39, 0.29) is 24.1 Å². The average molecular weight is 401 g/mol. The summed E-state index contributed by atoms with van der Waals surface area (Å²) in [6.45, 7) is 1.86. The van der Waals surface area contributed by atoms with Crippen LogP contribution < -0.4 is 16.0 Å². The zero-order valence-corrected chi connectivity index (χ0v) is 16.9. The maximum Gasteiger partial charge on any atom is 0.255 e. The van der Waals surface area contributed by atoms with E-state index in [4.69, 9.17) is 0 Å². The molecule has 0 saturated carbocycles. The first-order valence-electron chi connectivity index (χ1n) is 9.55. The number of aryl methyl sites for hydroxylation is 1. The van der Waals surface area contributed by atoms with Crippen molar-refractivity contribution in [3.63, 3.8) is 0 Å². The van der Waals surface area contributed by atoms with Gasteiger partial charge in [-0.25, -0.2) is 0 Å². The van der Waals surface area contributed by atoms with Crippen molar-refractivity contribution in [2.24, 2.45) is 0 Å². The Balaban J connectivity index is 1.79. The molecule has 0 spiro atoms. The molecule has 0 fully saturated rings. The summed E-state index contributed by atoms with van der Waals surface area (Å²) in [4.78, 5) is 37.0. The Labute approximate surface area is 175 Å². The van der Waals surface area contributed by atoms with Gasteiger partial charge in [0.1, 0.15) is 0 Å². The molecule has 152 valence electrons. The lowest BCUT2D eigenvalue weighted by Crippen LogP contribution is -2.21. The highest BCUT2D eigenvalue weighted by Gasteiger charge is 2.14. The van der Waals surface area contributed by atoms with Gasteiger partial charge >= 0.3 is 0 Å². The van der Waals surface area contributed by atoms with Crippen molar-refractivity contribution < 1.29 is 14.4 Å². The Kier molecular flexibility index (Phi) is 6.60. The van der Waals surface area contributed by atoms with Gasteiger partial charge in [0, 0.05) is 29.5 Å². The van der Waals surface area contributed by atoms with Crippen molar-refractivity contribution in [1.29, 1.82) is 0 Å². The molecular weight excluding hydrogens is 378 g/mol. The first kappa shape index (κ1) is 20.8. The molecule has 3 aromatic rings. The topological polar surface area (TPSA) is 87.3 Å². The Morgan fingerprint density at radius 1 is 0.733 bits per heavy atom. The molecule has 0 aliphatic carbocycles. The van der Waals surface area contributed by atoms with E-state index < -0.39 is 0 Å². The fourth-order valence-electron chi connectivity index (χ4n) is 2.93. The highest BCUT2D eigenvalue weighted by atomic mass is 16.2. The number of hydrogen-bond acceptors (Lipinski definition) is 3. The molecule has 3 N–H and O–H groups in total. The first-order chi connectivity index (χ1) is 14.5. The molecule has 0 heterocycles. The van der Waals surface area contributed by atoms with Gasteiger partial charge < -0.3 is 16.0 Å². The van der Waals surface area contributed by atoms with Crippen LogP contribution in [0.1, 0.15) is 31.8 Å². The van der Waals surface area contributed by atoms with Gasteiger partial charge in [-0.1, -0.05) is 42.5 Å². The predicted octanol–water partition coefficient (Wildman–Crippen LogP) is 3.79. The Morgan fingerprint density at radius 2 is 1.37 bits per heavy atom. The molecule has 0 atom stereocenters. The lowest BCUT2D eigenvalue weighted by atomic mass is 10.1. The number of likely N-dealkylation sites (N-methyl/N-ethyl adjacent to an activating group) is 1. The lowest BCUT2D eigenvalue weighted by molar-refractivity contribution is -0.119. The monoisotopic (exact) mass is 401 g/mol. The highest BCUT2D eigenvalue weighted by Crippen LogP contribution is 2.21. The van der Waals surface area contributed by atoms with Gasteiger partial charge in [0.05, 0.1) is 6.42 Å². The van der Waals surface area contributed by atoms with Gasteiger partial charge in [-0.15, -0.1) is 0 Å². The summed E-state index contributed by atoms with van der Waals surface area (Å²) in [6.07, 6.45) is 0.166. The number of nitrogens with one attached hydrogen (secondary N) is 3. The van der Waals surface area contributed by atoms with Crippen LogP contribution in [0.5, 0.6) is 0 Å². The molecule has 3 aromatic carbocycles. The van der Waals surface area contributed by atoms with Crippen LogP contribution in [0.4, 0.5) is 11.4 Å². The van der Waals surface area contributed by atoms with Crippen LogP contribution >= 0.6 is 0 Å². The molecule has 0 unspecified atom stereocenters. The van der Waals surface area contributed by atoms with Gasteiger partial charge in [-0.3, -0.25) is 14.4 Å². The number of hydrogen-bond donors (Lipinski definition) is 3. The average Bonchev–Trinajstić information content (AvgIpc) is 2.77. The predicted molar refractivity (Wildman–Crippen MR) is 118 cm³/mol.